The monoisotopic (exact) mass is 457 g/mol. The van der Waals surface area contributed by atoms with E-state index in [2.05, 4.69) is 0 Å². The normalized spacial score (nSPS) is 17.5. The molecule has 1 saturated heterocycles. The number of carbonyl (C=O) groups is 2. The smallest absolute Gasteiger partial charge is 0.300 e. The van der Waals surface area contributed by atoms with Crippen LogP contribution in [0.5, 0.6) is 5.75 Å². The first kappa shape index (κ1) is 21.3. The summed E-state index contributed by atoms with van der Waals surface area (Å²) in [7, 11) is 0. The van der Waals surface area contributed by atoms with Crippen LogP contribution in [0.1, 0.15) is 17.2 Å². The molecule has 0 radical (unpaired) electrons. The molecule has 1 unspecified atom stereocenters. The van der Waals surface area contributed by atoms with Crippen molar-refractivity contribution in [1.82, 2.24) is 0 Å². The zero-order valence-corrected chi connectivity index (χ0v) is 17.6. The van der Waals surface area contributed by atoms with Crippen molar-refractivity contribution < 1.29 is 28.6 Å². The molecule has 34 heavy (non-hydrogen) atoms. The maximum Gasteiger partial charge on any atom is 0.300 e. The minimum Gasteiger partial charge on any atom is -0.508 e. The lowest BCUT2D eigenvalue weighted by atomic mass is 9.94. The van der Waals surface area contributed by atoms with Gasteiger partial charge in [-0.25, -0.2) is 8.78 Å². The van der Waals surface area contributed by atoms with E-state index in [0.717, 1.165) is 27.8 Å². The number of phenols is 1. The molecule has 1 atom stereocenters. The fraction of sp³-hybridized carbons (Fsp3) is 0.0370. The predicted octanol–water partition coefficient (Wildman–Crippen LogP) is 5.45. The van der Waals surface area contributed by atoms with Crippen LogP contribution < -0.4 is 4.90 Å². The van der Waals surface area contributed by atoms with Crippen LogP contribution in [0.25, 0.3) is 16.5 Å². The Kier molecular flexibility index (Phi) is 5.09. The Morgan fingerprint density at radius 1 is 0.794 bits per heavy atom. The molecule has 0 aliphatic carbocycles. The van der Waals surface area contributed by atoms with E-state index in [9.17, 15) is 28.6 Å². The molecule has 7 heteroatoms. The number of carbonyl (C=O) groups excluding carboxylic acids is 2. The second-order valence-electron chi connectivity index (χ2n) is 7.92. The quantitative estimate of drug-likeness (QED) is 0.244. The zero-order chi connectivity index (χ0) is 24.0. The number of nitrogens with zero attached hydrogens (tertiary/aromatic N) is 1. The van der Waals surface area contributed by atoms with Crippen LogP contribution in [-0.2, 0) is 9.59 Å². The number of aromatic hydroxyl groups is 1. The van der Waals surface area contributed by atoms with Gasteiger partial charge < -0.3 is 10.2 Å². The molecule has 1 aliphatic heterocycles. The first-order valence-corrected chi connectivity index (χ1v) is 10.4. The van der Waals surface area contributed by atoms with Crippen LogP contribution in [0.4, 0.5) is 14.5 Å². The lowest BCUT2D eigenvalue weighted by Crippen LogP contribution is -2.29. The number of aliphatic hydroxyl groups is 1. The Morgan fingerprint density at radius 2 is 1.50 bits per heavy atom. The third kappa shape index (κ3) is 3.47. The second-order valence-corrected chi connectivity index (χ2v) is 7.92. The van der Waals surface area contributed by atoms with Gasteiger partial charge in [-0.2, -0.15) is 0 Å². The Labute approximate surface area is 192 Å². The summed E-state index contributed by atoms with van der Waals surface area (Å²) in [6, 6.07) is 20.1. The molecule has 2 N–H and O–H groups in total. The van der Waals surface area contributed by atoms with E-state index in [1.54, 1.807) is 18.2 Å². The number of phenolic OH excluding ortho intramolecular Hbond substituents is 1. The molecule has 1 amide bonds. The lowest BCUT2D eigenvalue weighted by molar-refractivity contribution is -0.132. The summed E-state index contributed by atoms with van der Waals surface area (Å²) < 4.78 is 27.6. The maximum atomic E-state index is 14.0. The standard InChI is InChI=1S/C27H17F2NO4/c28-21-12-9-19(14-22(21)29)30-24(16-7-10-20(31)11-8-16)23(26(33)27(30)34)25(32)18-6-5-15-3-1-2-4-17(15)13-18/h1-14,24,31-32H/b25-23-. The largest absolute Gasteiger partial charge is 0.508 e. The molecule has 0 saturated carbocycles. The van der Waals surface area contributed by atoms with Crippen molar-refractivity contribution in [2.45, 2.75) is 6.04 Å². The molecular weight excluding hydrogens is 440 g/mol. The number of Topliss-reactive ketones (excluding diaryl/α,β-unsaturated/α-hetero) is 1. The summed E-state index contributed by atoms with van der Waals surface area (Å²) in [5.74, 6) is -4.67. The van der Waals surface area contributed by atoms with Crippen LogP contribution in [0.3, 0.4) is 0 Å². The summed E-state index contributed by atoms with van der Waals surface area (Å²) >= 11 is 0. The van der Waals surface area contributed by atoms with Crippen LogP contribution in [-0.4, -0.2) is 21.9 Å². The number of fused-ring (bicyclic) bond motifs is 1. The highest BCUT2D eigenvalue weighted by molar-refractivity contribution is 6.51. The van der Waals surface area contributed by atoms with Gasteiger partial charge in [0.15, 0.2) is 11.6 Å². The number of halogens is 2. The van der Waals surface area contributed by atoms with Crippen molar-refractivity contribution in [3.05, 3.63) is 113 Å². The van der Waals surface area contributed by atoms with Gasteiger partial charge in [-0.3, -0.25) is 14.5 Å². The SMILES string of the molecule is O=C1C(=O)N(c2ccc(F)c(F)c2)C(c2ccc(O)cc2)/C1=C(/O)c1ccc2ccccc2c1. The van der Waals surface area contributed by atoms with Gasteiger partial charge in [0, 0.05) is 17.3 Å². The first-order valence-electron chi connectivity index (χ1n) is 10.4. The molecule has 0 bridgehead atoms. The minimum absolute atomic E-state index is 0.0388. The van der Waals surface area contributed by atoms with Crippen LogP contribution >= 0.6 is 0 Å². The highest BCUT2D eigenvalue weighted by atomic mass is 19.2. The van der Waals surface area contributed by atoms with E-state index in [1.807, 2.05) is 24.3 Å². The lowest BCUT2D eigenvalue weighted by Gasteiger charge is -2.25. The summed E-state index contributed by atoms with van der Waals surface area (Å²) in [6.45, 7) is 0. The number of aliphatic hydroxyl groups excluding tert-OH is 1. The van der Waals surface area contributed by atoms with E-state index >= 15 is 0 Å². The molecule has 5 rings (SSSR count). The molecule has 4 aromatic rings. The van der Waals surface area contributed by atoms with Crippen LogP contribution in [0, 0.1) is 11.6 Å². The molecule has 0 spiro atoms. The van der Waals surface area contributed by atoms with Gasteiger partial charge in [0.25, 0.3) is 11.7 Å². The highest BCUT2D eigenvalue weighted by Crippen LogP contribution is 2.42. The topological polar surface area (TPSA) is 77.8 Å². The van der Waals surface area contributed by atoms with Gasteiger partial charge in [-0.05, 0) is 46.7 Å². The van der Waals surface area contributed by atoms with Crippen molar-refractivity contribution in [2.75, 3.05) is 4.90 Å². The average Bonchev–Trinajstić information content (AvgIpc) is 3.11. The van der Waals surface area contributed by atoms with Crippen molar-refractivity contribution in [1.29, 1.82) is 0 Å². The average molecular weight is 457 g/mol. The fourth-order valence-electron chi connectivity index (χ4n) is 4.20. The van der Waals surface area contributed by atoms with E-state index in [4.69, 9.17) is 0 Å². The molecule has 168 valence electrons. The van der Waals surface area contributed by atoms with Crippen molar-refractivity contribution in [3.8, 4) is 5.75 Å². The second kappa shape index (κ2) is 8.12. The van der Waals surface area contributed by atoms with Crippen LogP contribution in [0.2, 0.25) is 0 Å². The third-order valence-electron chi connectivity index (χ3n) is 5.86. The summed E-state index contributed by atoms with van der Waals surface area (Å²) in [4.78, 5) is 27.2. The van der Waals surface area contributed by atoms with Crippen molar-refractivity contribution in [3.63, 3.8) is 0 Å². The van der Waals surface area contributed by atoms with Gasteiger partial charge in [-0.1, -0.05) is 48.5 Å². The fourth-order valence-corrected chi connectivity index (χ4v) is 4.20. The Hall–Kier alpha value is -4.52. The molecule has 1 fully saturated rings. The zero-order valence-electron chi connectivity index (χ0n) is 17.6. The van der Waals surface area contributed by atoms with E-state index in [-0.39, 0.29) is 17.0 Å². The number of benzene rings is 4. The predicted molar refractivity (Wildman–Crippen MR) is 123 cm³/mol. The Bertz CT molecular complexity index is 1490. The number of hydrogen-bond acceptors (Lipinski definition) is 4. The molecule has 4 aromatic carbocycles. The molecule has 5 nitrogen and oxygen atoms in total. The van der Waals surface area contributed by atoms with Gasteiger partial charge in [0.1, 0.15) is 11.5 Å². The van der Waals surface area contributed by atoms with Crippen molar-refractivity contribution in [2.24, 2.45) is 0 Å². The van der Waals surface area contributed by atoms with E-state index < -0.39 is 35.1 Å². The number of hydrogen-bond donors (Lipinski definition) is 2. The van der Waals surface area contributed by atoms with Crippen LogP contribution in [0.15, 0.2) is 90.5 Å². The summed E-state index contributed by atoms with van der Waals surface area (Å²) in [6.07, 6.45) is 0. The van der Waals surface area contributed by atoms with Gasteiger partial charge in [-0.15, -0.1) is 0 Å². The van der Waals surface area contributed by atoms with E-state index in [1.165, 1.54) is 30.3 Å². The van der Waals surface area contributed by atoms with Gasteiger partial charge >= 0.3 is 0 Å². The maximum absolute atomic E-state index is 14.0. The van der Waals surface area contributed by atoms with Gasteiger partial charge in [0.05, 0.1) is 11.6 Å². The van der Waals surface area contributed by atoms with Crippen molar-refractivity contribution >= 4 is 33.9 Å². The Balaban J connectivity index is 1.73. The minimum atomic E-state index is -1.18. The molecule has 1 heterocycles. The molecule has 0 aromatic heterocycles. The number of rotatable bonds is 3. The van der Waals surface area contributed by atoms with E-state index in [0.29, 0.717) is 11.1 Å². The highest BCUT2D eigenvalue weighted by Gasteiger charge is 2.47. The molecular formula is C27H17F2NO4. The summed E-state index contributed by atoms with van der Waals surface area (Å²) in [5.41, 5.74) is 0.474. The molecule has 1 aliphatic rings. The number of amides is 1. The number of ketones is 1. The Morgan fingerprint density at radius 3 is 2.21 bits per heavy atom. The van der Waals surface area contributed by atoms with Gasteiger partial charge in [0.2, 0.25) is 0 Å². The third-order valence-corrected chi connectivity index (χ3v) is 5.86. The number of anilines is 1. The first-order chi connectivity index (χ1) is 16.3. The summed E-state index contributed by atoms with van der Waals surface area (Å²) in [5, 5.41) is 22.7.